The minimum Gasteiger partial charge on any atom is -0.463 e. The molecule has 0 rings (SSSR count). The molecule has 574 valence electrons. The van der Waals surface area contributed by atoms with Crippen molar-refractivity contribution in [3.05, 3.63) is 170 Å². The molecule has 101 heavy (non-hydrogen) atoms. The zero-order chi connectivity index (χ0) is 73.7. The number of phosphoric acid groups is 2. The van der Waals surface area contributed by atoms with E-state index in [4.69, 9.17) is 32.3 Å². The summed E-state index contributed by atoms with van der Waals surface area (Å²) in [6.07, 6.45) is 94.4. The van der Waals surface area contributed by atoms with Gasteiger partial charge in [0, 0.05) is 19.3 Å². The third kappa shape index (κ3) is 75.9. The average molecular weight is 1450 g/mol. The fourth-order valence-corrected chi connectivity index (χ4v) is 11.2. The largest absolute Gasteiger partial charge is 0.472 e. The van der Waals surface area contributed by atoms with Crippen LogP contribution >= 0.6 is 15.6 Å². The number of esters is 3. The predicted octanol–water partition coefficient (Wildman–Crippen LogP) is 22.4. The average Bonchev–Trinajstić information content (AvgIpc) is 1.16. The molecule has 0 aromatic heterocycles. The second-order valence-electron chi connectivity index (χ2n) is 25.0. The lowest BCUT2D eigenvalue weighted by atomic mass is 10.0. The minimum atomic E-state index is -4.96. The van der Waals surface area contributed by atoms with Crippen LogP contribution < -0.4 is 0 Å². The van der Waals surface area contributed by atoms with Gasteiger partial charge in [-0.1, -0.05) is 287 Å². The Morgan fingerprint density at radius 3 is 0.871 bits per heavy atom. The highest BCUT2D eigenvalue weighted by Gasteiger charge is 2.29. The molecule has 0 heterocycles. The molecule has 0 radical (unpaired) electrons. The second-order valence-corrected chi connectivity index (χ2v) is 27.9. The van der Waals surface area contributed by atoms with E-state index >= 15 is 0 Å². The number of ether oxygens (including phenoxy) is 3. The van der Waals surface area contributed by atoms with Gasteiger partial charge in [0.2, 0.25) is 0 Å². The van der Waals surface area contributed by atoms with E-state index in [1.165, 1.54) is 103 Å². The lowest BCUT2D eigenvalue weighted by Crippen LogP contribution is -2.30. The van der Waals surface area contributed by atoms with Crippen LogP contribution in [0.3, 0.4) is 0 Å². The van der Waals surface area contributed by atoms with Crippen LogP contribution in [0, 0.1) is 0 Å². The van der Waals surface area contributed by atoms with Crippen LogP contribution in [0.4, 0.5) is 0 Å². The summed E-state index contributed by atoms with van der Waals surface area (Å²) in [5.74, 6) is -1.72. The Kier molecular flexibility index (Phi) is 70.9. The number of allylic oxidation sites excluding steroid dienone is 28. The number of rotatable bonds is 71. The minimum absolute atomic E-state index is 0.00774. The van der Waals surface area contributed by atoms with Crippen molar-refractivity contribution in [3.63, 3.8) is 0 Å². The van der Waals surface area contributed by atoms with Gasteiger partial charge in [-0.05, 0) is 141 Å². The quantitative estimate of drug-likeness (QED) is 0.0146. The fourth-order valence-electron chi connectivity index (χ4n) is 9.63. The number of carbonyl (C=O) groups excluding carboxylic acids is 3. The number of carbonyl (C=O) groups is 3. The summed E-state index contributed by atoms with van der Waals surface area (Å²) in [5, 5.41) is 20.6. The second kappa shape index (κ2) is 74.6. The maximum Gasteiger partial charge on any atom is 0.472 e. The van der Waals surface area contributed by atoms with E-state index in [1.54, 1.807) is 0 Å². The van der Waals surface area contributed by atoms with E-state index in [-0.39, 0.29) is 19.3 Å². The Morgan fingerprint density at radius 2 is 0.535 bits per heavy atom. The summed E-state index contributed by atoms with van der Waals surface area (Å²) >= 11 is 0. The molecule has 0 aliphatic rings. The monoisotopic (exact) mass is 1450 g/mol. The molecule has 0 aliphatic carbocycles. The third-order valence-electron chi connectivity index (χ3n) is 15.4. The molecule has 0 saturated carbocycles. The Bertz CT molecular complexity index is 2520. The summed E-state index contributed by atoms with van der Waals surface area (Å²) in [6, 6.07) is 0. The number of aliphatic hydroxyl groups is 2. The summed E-state index contributed by atoms with van der Waals surface area (Å²) in [5.41, 5.74) is 0. The van der Waals surface area contributed by atoms with E-state index < -0.39 is 91.5 Å². The molecule has 0 saturated heterocycles. The molecule has 4 N–H and O–H groups in total. The van der Waals surface area contributed by atoms with Crippen molar-refractivity contribution in [3.8, 4) is 0 Å². The maximum absolute atomic E-state index is 12.9. The molecule has 0 aromatic carbocycles. The van der Waals surface area contributed by atoms with Crippen molar-refractivity contribution in [2.45, 2.75) is 296 Å². The van der Waals surface area contributed by atoms with Gasteiger partial charge in [-0.3, -0.25) is 32.5 Å². The summed E-state index contributed by atoms with van der Waals surface area (Å²) < 4.78 is 60.9. The first-order valence-corrected chi connectivity index (χ1v) is 41.4. The molecular weight excluding hydrogens is 1310 g/mol. The van der Waals surface area contributed by atoms with Crippen LogP contribution in [0.1, 0.15) is 278 Å². The normalized spacial score (nSPS) is 15.0. The van der Waals surface area contributed by atoms with Crippen LogP contribution in [0.2, 0.25) is 0 Å². The molecule has 0 bridgehead atoms. The molecule has 0 amide bonds. The van der Waals surface area contributed by atoms with Gasteiger partial charge in [-0.2, -0.15) is 0 Å². The van der Waals surface area contributed by atoms with Gasteiger partial charge in [-0.15, -0.1) is 0 Å². The number of unbranched alkanes of at least 4 members (excludes halogenated alkanes) is 20. The third-order valence-corrected chi connectivity index (χ3v) is 17.3. The zero-order valence-electron chi connectivity index (χ0n) is 62.5. The molecule has 5 unspecified atom stereocenters. The van der Waals surface area contributed by atoms with Gasteiger partial charge in [0.15, 0.2) is 6.10 Å². The summed E-state index contributed by atoms with van der Waals surface area (Å²) in [4.78, 5) is 58.5. The van der Waals surface area contributed by atoms with Gasteiger partial charge in [0.05, 0.1) is 26.4 Å². The number of hydrogen-bond acceptors (Lipinski definition) is 14. The number of phosphoric ester groups is 2. The highest BCUT2D eigenvalue weighted by molar-refractivity contribution is 7.47. The first-order valence-electron chi connectivity index (χ1n) is 38.4. The van der Waals surface area contributed by atoms with Crippen molar-refractivity contribution in [2.24, 2.45) is 0 Å². The van der Waals surface area contributed by atoms with E-state index in [0.29, 0.717) is 32.1 Å². The number of hydrogen-bond donors (Lipinski definition) is 4. The molecular formula is C83H136O16P2. The molecule has 5 atom stereocenters. The highest BCUT2D eigenvalue weighted by atomic mass is 31.2. The maximum atomic E-state index is 12.9. The van der Waals surface area contributed by atoms with E-state index in [0.717, 1.165) is 103 Å². The molecule has 0 fully saturated rings. The molecule has 0 aromatic rings. The Hall–Kier alpha value is -5.09. The zero-order valence-corrected chi connectivity index (χ0v) is 64.3. The van der Waals surface area contributed by atoms with Crippen molar-refractivity contribution < 1.29 is 75.8 Å². The van der Waals surface area contributed by atoms with Crippen LogP contribution in [0.5, 0.6) is 0 Å². The van der Waals surface area contributed by atoms with Crippen LogP contribution in [0.25, 0.3) is 0 Å². The van der Waals surface area contributed by atoms with Crippen LogP contribution in [-0.2, 0) is 55.8 Å². The van der Waals surface area contributed by atoms with E-state index in [2.05, 4.69) is 167 Å². The fraction of sp³-hybridized carbons (Fsp3) is 0.627. The first-order chi connectivity index (χ1) is 49.2. The van der Waals surface area contributed by atoms with E-state index in [1.807, 2.05) is 24.3 Å². The standard InChI is InChI=1S/C83H136O16P2/c1-4-7-10-13-16-19-22-25-28-31-32-33-34-35-36-37-38-39-40-41-42-43-44-47-49-51-54-57-60-63-66-69-81(86)93-72-78(84)73-95-100(89,90)96-74-79(85)75-97-101(91,92)98-77-80(99-83(88)71-68-65-62-59-56-53-50-46-30-27-24-21-18-15-12-9-6-3)76-94-82(87)70-67-64-61-58-55-52-48-45-29-26-23-20-17-14-11-8-5-2/h8-9,11-12,16-21,25-30,32-33,35-36,48,50,52-53,58-59,61-62,78-80,84-85H,4-7,10,13-15,22-24,31,34,37-47,49,51,54-57,60,63-77H2,1-3H3,(H,89,90)(H,91,92)/b11-8-,12-9-,19-16-,20-17-,21-18-,28-25-,29-26-,30-27-,33-32-,36-35-,52-48-,53-50-,61-58-,62-59-. The smallest absolute Gasteiger partial charge is 0.463 e. The van der Waals surface area contributed by atoms with Crippen LogP contribution in [-0.4, -0.2) is 95.9 Å². The Balaban J connectivity index is 4.57. The lowest BCUT2D eigenvalue weighted by Gasteiger charge is -2.21. The molecule has 16 nitrogen and oxygen atoms in total. The topological polar surface area (TPSA) is 231 Å². The first kappa shape index (κ1) is 95.9. The van der Waals surface area contributed by atoms with Gasteiger partial charge in [0.25, 0.3) is 0 Å². The van der Waals surface area contributed by atoms with Gasteiger partial charge in [-0.25, -0.2) is 9.13 Å². The van der Waals surface area contributed by atoms with Crippen molar-refractivity contribution in [2.75, 3.05) is 39.6 Å². The summed E-state index contributed by atoms with van der Waals surface area (Å²) in [6.45, 7) is 2.26. The van der Waals surface area contributed by atoms with Gasteiger partial charge < -0.3 is 34.2 Å². The lowest BCUT2D eigenvalue weighted by molar-refractivity contribution is -0.161. The molecule has 0 spiro atoms. The number of aliphatic hydroxyl groups excluding tert-OH is 2. The SMILES string of the molecule is CC/C=C\C/C=C\C/C=C\C/C=C\C/C=C\CCCC(=O)OCC(COP(=O)(O)OCC(O)COP(=O)(O)OCC(O)COC(=O)CCCCCCCCCCCCCCCCC/C=C\C/C=C\C/C=C\C/C=C\CCCCC)OC(=O)CCC/C=C\C/C=C\C/C=C\C/C=C\C/C=C\CC. The Morgan fingerprint density at radius 1 is 0.287 bits per heavy atom. The molecule has 0 aliphatic heterocycles. The molecule has 18 heteroatoms. The van der Waals surface area contributed by atoms with Gasteiger partial charge >= 0.3 is 33.6 Å². The van der Waals surface area contributed by atoms with Crippen LogP contribution in [0.15, 0.2) is 170 Å². The highest BCUT2D eigenvalue weighted by Crippen LogP contribution is 2.45. The van der Waals surface area contributed by atoms with E-state index in [9.17, 15) is 43.5 Å². The van der Waals surface area contributed by atoms with Gasteiger partial charge in [0.1, 0.15) is 25.4 Å². The van der Waals surface area contributed by atoms with Crippen molar-refractivity contribution >= 4 is 33.6 Å². The predicted molar refractivity (Wildman–Crippen MR) is 417 cm³/mol. The van der Waals surface area contributed by atoms with Crippen molar-refractivity contribution in [1.82, 2.24) is 0 Å². The Labute approximate surface area is 612 Å². The van der Waals surface area contributed by atoms with Crippen molar-refractivity contribution in [1.29, 1.82) is 0 Å². The summed E-state index contributed by atoms with van der Waals surface area (Å²) in [7, 11) is -9.83.